The maximum atomic E-state index is 14.3. The van der Waals surface area contributed by atoms with Crippen LogP contribution in [0.15, 0.2) is 24.7 Å². The van der Waals surface area contributed by atoms with E-state index in [2.05, 4.69) is 30.5 Å². The Morgan fingerprint density at radius 2 is 2.20 bits per heavy atom. The van der Waals surface area contributed by atoms with Crippen molar-refractivity contribution in [2.75, 3.05) is 37.0 Å². The molecule has 10 heteroatoms. The number of hydrogen-bond donors (Lipinski definition) is 2. The number of anilines is 2. The zero-order chi connectivity index (χ0) is 21.3. The zero-order valence-electron chi connectivity index (χ0n) is 17.1. The zero-order valence-corrected chi connectivity index (χ0v) is 17.1. The molecule has 30 heavy (non-hydrogen) atoms. The summed E-state index contributed by atoms with van der Waals surface area (Å²) in [6.45, 7) is 5.56. The second-order valence-corrected chi connectivity index (χ2v) is 7.19. The molecule has 2 N–H and O–H groups in total. The number of aryl methyl sites for hydroxylation is 1. The molecular weight excluding hydrogens is 389 g/mol. The minimum atomic E-state index is -0.523. The van der Waals surface area contributed by atoms with Crippen molar-refractivity contribution in [1.29, 1.82) is 0 Å². The van der Waals surface area contributed by atoms with Crippen molar-refractivity contribution in [3.8, 4) is 5.88 Å². The first-order chi connectivity index (χ1) is 14.5. The first kappa shape index (κ1) is 20.0. The second kappa shape index (κ2) is 8.23. The van der Waals surface area contributed by atoms with Crippen molar-refractivity contribution in [2.24, 2.45) is 0 Å². The molecule has 3 aromatic heterocycles. The smallest absolute Gasteiger partial charge is 0.262 e. The quantitative estimate of drug-likeness (QED) is 0.638. The van der Waals surface area contributed by atoms with Crippen molar-refractivity contribution < 1.29 is 13.9 Å². The number of carbonyl (C=O) groups is 1. The van der Waals surface area contributed by atoms with Gasteiger partial charge < -0.3 is 24.7 Å². The maximum absolute atomic E-state index is 14.3. The molecule has 0 spiro atoms. The van der Waals surface area contributed by atoms with E-state index in [9.17, 15) is 9.18 Å². The number of pyridine rings is 1. The number of carbonyl (C=O) groups excluding carboxylic acids is 1. The van der Waals surface area contributed by atoms with Crippen LogP contribution in [0, 0.1) is 12.7 Å². The molecule has 0 unspecified atom stereocenters. The summed E-state index contributed by atoms with van der Waals surface area (Å²) in [6.07, 6.45) is 5.74. The van der Waals surface area contributed by atoms with Gasteiger partial charge in [0.25, 0.3) is 5.91 Å². The molecule has 0 radical (unpaired) electrons. The monoisotopic (exact) mass is 413 g/mol. The molecular formula is C20H24FN7O2. The van der Waals surface area contributed by atoms with E-state index in [1.807, 2.05) is 14.0 Å². The van der Waals surface area contributed by atoms with E-state index < -0.39 is 11.7 Å². The van der Waals surface area contributed by atoms with Gasteiger partial charge in [0.15, 0.2) is 11.5 Å². The average molecular weight is 413 g/mol. The molecule has 4 heterocycles. The molecule has 1 aliphatic rings. The Bertz CT molecular complexity index is 1080. The van der Waals surface area contributed by atoms with Crippen LogP contribution in [0.2, 0.25) is 0 Å². The maximum Gasteiger partial charge on any atom is 0.262 e. The van der Waals surface area contributed by atoms with E-state index in [0.29, 0.717) is 30.0 Å². The fourth-order valence-corrected chi connectivity index (χ4v) is 3.54. The van der Waals surface area contributed by atoms with Gasteiger partial charge in [-0.15, -0.1) is 0 Å². The number of nitrogens with one attached hydrogen (secondary N) is 2. The lowest BCUT2D eigenvalue weighted by atomic mass is 10.3. The van der Waals surface area contributed by atoms with Crippen LogP contribution in [-0.2, 0) is 0 Å². The summed E-state index contributed by atoms with van der Waals surface area (Å²) in [5.41, 5.74) is 1.37. The van der Waals surface area contributed by atoms with Gasteiger partial charge in [0.05, 0.1) is 18.0 Å². The molecule has 1 atom stereocenters. The number of imidazole rings is 1. The van der Waals surface area contributed by atoms with Crippen molar-refractivity contribution in [1.82, 2.24) is 24.7 Å². The molecule has 9 nitrogen and oxygen atoms in total. The molecule has 0 aromatic carbocycles. The van der Waals surface area contributed by atoms with E-state index in [4.69, 9.17) is 4.74 Å². The lowest BCUT2D eigenvalue weighted by molar-refractivity contribution is 0.102. The molecule has 4 rings (SSSR count). The third kappa shape index (κ3) is 3.90. The van der Waals surface area contributed by atoms with Crippen molar-refractivity contribution in [3.05, 3.63) is 41.7 Å². The van der Waals surface area contributed by atoms with Gasteiger partial charge in [-0.05, 0) is 27.3 Å². The van der Waals surface area contributed by atoms with Gasteiger partial charge in [0.1, 0.15) is 5.56 Å². The van der Waals surface area contributed by atoms with E-state index >= 15 is 0 Å². The molecule has 158 valence electrons. The number of amides is 1. The van der Waals surface area contributed by atoms with Crippen LogP contribution in [0.4, 0.5) is 16.0 Å². The highest BCUT2D eigenvalue weighted by Gasteiger charge is 2.25. The summed E-state index contributed by atoms with van der Waals surface area (Å²) in [5.74, 6) is -0.275. The first-order valence-corrected chi connectivity index (χ1v) is 9.86. The van der Waals surface area contributed by atoms with Gasteiger partial charge in [-0.2, -0.15) is 4.98 Å². The first-order valence-electron chi connectivity index (χ1n) is 9.86. The van der Waals surface area contributed by atoms with Crippen LogP contribution in [0.25, 0.3) is 5.65 Å². The fraction of sp³-hybridized carbons (Fsp3) is 0.400. The molecule has 1 amide bonds. The van der Waals surface area contributed by atoms with Gasteiger partial charge >= 0.3 is 0 Å². The number of halogens is 1. The Morgan fingerprint density at radius 1 is 1.37 bits per heavy atom. The third-order valence-electron chi connectivity index (χ3n) is 5.03. The standard InChI is InChI=1S/C20H24FN7O2/c1-4-30-19-15(8-23-20(26-19)27-6-5-13(10-27)22-3)18(29)25-14-7-16(21)17-24-12(2)9-28(17)11-14/h7-9,11,13,22H,4-6,10H2,1-3H3,(H,25,29)/t13-/m1/s1. The van der Waals surface area contributed by atoms with Gasteiger partial charge in [-0.25, -0.2) is 14.4 Å². The highest BCUT2D eigenvalue weighted by Crippen LogP contribution is 2.23. The lowest BCUT2D eigenvalue weighted by Gasteiger charge is -2.18. The number of ether oxygens (including phenoxy) is 1. The van der Waals surface area contributed by atoms with Crippen LogP contribution in [-0.4, -0.2) is 58.0 Å². The predicted molar refractivity (Wildman–Crippen MR) is 111 cm³/mol. The number of rotatable bonds is 6. The van der Waals surface area contributed by atoms with E-state index in [0.717, 1.165) is 19.5 Å². The Hall–Kier alpha value is -3.27. The lowest BCUT2D eigenvalue weighted by Crippen LogP contribution is -2.30. The van der Waals surface area contributed by atoms with Gasteiger partial charge in [0.2, 0.25) is 11.8 Å². The van der Waals surface area contributed by atoms with Gasteiger partial charge in [-0.3, -0.25) is 4.79 Å². The Balaban J connectivity index is 1.58. The van der Waals surface area contributed by atoms with Crippen LogP contribution in [0.3, 0.4) is 0 Å². The Morgan fingerprint density at radius 3 is 2.93 bits per heavy atom. The largest absolute Gasteiger partial charge is 0.477 e. The highest BCUT2D eigenvalue weighted by atomic mass is 19.1. The van der Waals surface area contributed by atoms with E-state index in [1.54, 1.807) is 19.3 Å². The summed E-state index contributed by atoms with van der Waals surface area (Å²) in [5, 5.41) is 5.94. The topological polar surface area (TPSA) is 96.7 Å². The Kier molecular flexibility index (Phi) is 5.49. The number of hydrogen-bond acceptors (Lipinski definition) is 7. The summed E-state index contributed by atoms with van der Waals surface area (Å²) in [7, 11) is 1.93. The third-order valence-corrected chi connectivity index (χ3v) is 5.03. The predicted octanol–water partition coefficient (Wildman–Crippen LogP) is 2.02. The minimum absolute atomic E-state index is 0.187. The van der Waals surface area contributed by atoms with Crippen LogP contribution < -0.4 is 20.3 Å². The van der Waals surface area contributed by atoms with E-state index in [-0.39, 0.29) is 17.1 Å². The summed E-state index contributed by atoms with van der Waals surface area (Å²) in [4.78, 5) is 27.8. The molecule has 3 aromatic rings. The summed E-state index contributed by atoms with van der Waals surface area (Å²) in [6, 6.07) is 1.61. The second-order valence-electron chi connectivity index (χ2n) is 7.19. The van der Waals surface area contributed by atoms with Crippen molar-refractivity contribution in [3.63, 3.8) is 0 Å². The number of aromatic nitrogens is 4. The van der Waals surface area contributed by atoms with Crippen molar-refractivity contribution in [2.45, 2.75) is 26.3 Å². The van der Waals surface area contributed by atoms with Crippen molar-refractivity contribution >= 4 is 23.2 Å². The van der Waals surface area contributed by atoms with Crippen LogP contribution in [0.5, 0.6) is 5.88 Å². The highest BCUT2D eigenvalue weighted by molar-refractivity contribution is 6.05. The minimum Gasteiger partial charge on any atom is -0.477 e. The molecule has 0 bridgehead atoms. The SMILES string of the molecule is CCOc1nc(N2CC[C@@H](NC)C2)ncc1C(=O)Nc1cc(F)c2nc(C)cn2c1. The average Bonchev–Trinajstić information content (AvgIpc) is 3.34. The normalized spacial score (nSPS) is 16.3. The van der Waals surface area contributed by atoms with E-state index in [1.165, 1.54) is 16.7 Å². The number of likely N-dealkylation sites (N-methyl/N-ethyl adjacent to an activating group) is 1. The molecule has 1 fully saturated rings. The molecule has 0 aliphatic carbocycles. The van der Waals surface area contributed by atoms with Gasteiger partial charge in [0, 0.05) is 43.8 Å². The van der Waals surface area contributed by atoms with Crippen LogP contribution >= 0.6 is 0 Å². The molecule has 0 saturated carbocycles. The van der Waals surface area contributed by atoms with Crippen LogP contribution in [0.1, 0.15) is 29.4 Å². The summed E-state index contributed by atoms with van der Waals surface area (Å²) >= 11 is 0. The molecule has 1 aliphatic heterocycles. The fourth-order valence-electron chi connectivity index (χ4n) is 3.54. The molecule has 1 saturated heterocycles. The number of nitrogens with zero attached hydrogens (tertiary/aromatic N) is 5. The Labute approximate surface area is 173 Å². The number of fused-ring (bicyclic) bond motifs is 1. The van der Waals surface area contributed by atoms with Gasteiger partial charge in [-0.1, -0.05) is 0 Å². The summed E-state index contributed by atoms with van der Waals surface area (Å²) < 4.78 is 21.4.